The Labute approximate surface area is 156 Å². The molecule has 0 amide bonds. The van der Waals surface area contributed by atoms with Gasteiger partial charge < -0.3 is 5.73 Å². The number of thiazole rings is 1. The fraction of sp³-hybridized carbons (Fsp3) is 0.438. The summed E-state index contributed by atoms with van der Waals surface area (Å²) < 4.78 is 1.14. The number of nitrogens with two attached hydrogens (primary N) is 1. The van der Waals surface area contributed by atoms with Gasteiger partial charge in [-0.25, -0.2) is 4.98 Å². The summed E-state index contributed by atoms with van der Waals surface area (Å²) in [7, 11) is 0. The number of halogens is 2. The predicted molar refractivity (Wildman–Crippen MR) is 103 cm³/mol. The molecule has 3 rings (SSSR count). The monoisotopic (exact) mass is 416 g/mol. The average Bonchev–Trinajstić information content (AvgIpc) is 2.93. The van der Waals surface area contributed by atoms with Gasteiger partial charge in [0, 0.05) is 54.3 Å². The van der Waals surface area contributed by atoms with Crippen LogP contribution >= 0.6 is 39.7 Å². The predicted octanol–water partition coefficient (Wildman–Crippen LogP) is 3.79. The van der Waals surface area contributed by atoms with Crippen molar-refractivity contribution in [1.29, 1.82) is 0 Å². The van der Waals surface area contributed by atoms with Crippen molar-refractivity contribution in [3.63, 3.8) is 0 Å². The Balaban J connectivity index is 0.00000192. The molecule has 4 nitrogen and oxygen atoms in total. The average molecular weight is 418 g/mol. The van der Waals surface area contributed by atoms with Gasteiger partial charge in [-0.05, 0) is 24.6 Å². The van der Waals surface area contributed by atoms with Crippen LogP contribution < -0.4 is 5.73 Å². The first-order chi connectivity index (χ1) is 10.6. The first-order valence-electron chi connectivity index (χ1n) is 7.54. The lowest BCUT2D eigenvalue weighted by molar-refractivity contribution is 0.0984. The Kier molecular flexibility index (Phi) is 6.85. The van der Waals surface area contributed by atoms with Crippen LogP contribution in [0.3, 0.4) is 0 Å². The van der Waals surface area contributed by atoms with Crippen LogP contribution in [-0.2, 0) is 6.54 Å². The first kappa shape index (κ1) is 18.7. The molecule has 126 valence electrons. The summed E-state index contributed by atoms with van der Waals surface area (Å²) in [6.07, 6.45) is 1.90. The molecular weight excluding hydrogens is 396 g/mol. The minimum absolute atomic E-state index is 0. The second-order valence-corrected chi connectivity index (χ2v) is 7.77. The van der Waals surface area contributed by atoms with Crippen LogP contribution in [0.25, 0.3) is 0 Å². The summed E-state index contributed by atoms with van der Waals surface area (Å²) in [5.74, 6) is 0. The van der Waals surface area contributed by atoms with Crippen LogP contribution in [0.4, 0.5) is 5.13 Å². The summed E-state index contributed by atoms with van der Waals surface area (Å²) in [5.41, 5.74) is 7.08. The molecule has 1 aromatic carbocycles. The fourth-order valence-corrected chi connectivity index (χ4v) is 3.87. The van der Waals surface area contributed by atoms with E-state index in [0.29, 0.717) is 11.2 Å². The van der Waals surface area contributed by atoms with Crippen molar-refractivity contribution in [3.05, 3.63) is 45.4 Å². The second-order valence-electron chi connectivity index (χ2n) is 5.70. The van der Waals surface area contributed by atoms with Gasteiger partial charge >= 0.3 is 0 Å². The first-order valence-corrected chi connectivity index (χ1v) is 9.15. The van der Waals surface area contributed by atoms with Crippen molar-refractivity contribution in [1.82, 2.24) is 14.8 Å². The van der Waals surface area contributed by atoms with Gasteiger partial charge in [-0.15, -0.1) is 23.7 Å². The molecule has 1 fully saturated rings. The molecule has 0 bridgehead atoms. The number of hydrogen-bond donors (Lipinski definition) is 1. The Morgan fingerprint density at radius 2 is 1.87 bits per heavy atom. The van der Waals surface area contributed by atoms with Gasteiger partial charge in [0.2, 0.25) is 0 Å². The maximum Gasteiger partial charge on any atom is 0.180 e. The molecular formula is C16H22BrClN4S. The molecule has 1 aliphatic rings. The van der Waals surface area contributed by atoms with E-state index in [1.54, 1.807) is 11.3 Å². The van der Waals surface area contributed by atoms with Gasteiger partial charge in [-0.2, -0.15) is 0 Å². The van der Waals surface area contributed by atoms with Crippen LogP contribution in [0, 0.1) is 0 Å². The summed E-state index contributed by atoms with van der Waals surface area (Å²) in [6.45, 7) is 7.66. The van der Waals surface area contributed by atoms with Crippen molar-refractivity contribution in [3.8, 4) is 0 Å². The maximum absolute atomic E-state index is 5.70. The van der Waals surface area contributed by atoms with Crippen molar-refractivity contribution >= 4 is 44.8 Å². The summed E-state index contributed by atoms with van der Waals surface area (Å²) in [5, 5.41) is 0.664. The molecule has 7 heteroatoms. The summed E-state index contributed by atoms with van der Waals surface area (Å²) in [6, 6.07) is 9.13. The van der Waals surface area contributed by atoms with E-state index in [9.17, 15) is 0 Å². The van der Waals surface area contributed by atoms with Gasteiger partial charge in [0.15, 0.2) is 5.13 Å². The number of piperazine rings is 1. The number of anilines is 1. The summed E-state index contributed by atoms with van der Waals surface area (Å²) >= 11 is 5.09. The molecule has 0 saturated carbocycles. The molecule has 1 atom stereocenters. The zero-order valence-electron chi connectivity index (χ0n) is 13.1. The van der Waals surface area contributed by atoms with Crippen LogP contribution in [0.15, 0.2) is 34.9 Å². The Hall–Kier alpha value is -0.660. The number of aromatic nitrogens is 1. The van der Waals surface area contributed by atoms with E-state index in [4.69, 9.17) is 5.73 Å². The van der Waals surface area contributed by atoms with Gasteiger partial charge in [0.05, 0.1) is 0 Å². The quantitative estimate of drug-likeness (QED) is 0.822. The van der Waals surface area contributed by atoms with E-state index in [0.717, 1.165) is 37.2 Å². The third-order valence-corrected chi connectivity index (χ3v) is 5.60. The molecule has 0 aliphatic carbocycles. The zero-order valence-corrected chi connectivity index (χ0v) is 16.3. The molecule has 23 heavy (non-hydrogen) atoms. The standard InChI is InChI=1S/C16H21BrN4S.ClH/c1-12(13-2-4-14(17)5-3-13)21-8-6-20(7-9-21)11-15-10-19-16(18)22-15;/h2-5,10,12H,6-9,11H2,1H3,(H2,18,19);1H. The van der Waals surface area contributed by atoms with Crippen LogP contribution in [-0.4, -0.2) is 41.0 Å². The molecule has 1 aromatic heterocycles. The van der Waals surface area contributed by atoms with Crippen molar-refractivity contribution in [2.24, 2.45) is 0 Å². The number of nitrogen functional groups attached to an aromatic ring is 1. The van der Waals surface area contributed by atoms with E-state index in [1.165, 1.54) is 10.4 Å². The lowest BCUT2D eigenvalue weighted by Gasteiger charge is -2.38. The zero-order chi connectivity index (χ0) is 15.5. The topological polar surface area (TPSA) is 45.4 Å². The second kappa shape index (κ2) is 8.44. The molecule has 0 spiro atoms. The highest BCUT2D eigenvalue weighted by Crippen LogP contribution is 2.24. The highest BCUT2D eigenvalue weighted by Gasteiger charge is 2.22. The van der Waals surface area contributed by atoms with Crippen LogP contribution in [0.1, 0.15) is 23.4 Å². The van der Waals surface area contributed by atoms with Gasteiger partial charge in [-0.3, -0.25) is 9.80 Å². The highest BCUT2D eigenvalue weighted by atomic mass is 79.9. The van der Waals surface area contributed by atoms with Crippen molar-refractivity contribution < 1.29 is 0 Å². The van der Waals surface area contributed by atoms with E-state index >= 15 is 0 Å². The molecule has 2 N–H and O–H groups in total. The Morgan fingerprint density at radius 3 is 2.43 bits per heavy atom. The smallest absolute Gasteiger partial charge is 0.180 e. The van der Waals surface area contributed by atoms with E-state index < -0.39 is 0 Å². The molecule has 1 aliphatic heterocycles. The van der Waals surface area contributed by atoms with Crippen LogP contribution in [0.2, 0.25) is 0 Å². The maximum atomic E-state index is 5.70. The van der Waals surface area contributed by atoms with Gasteiger partial charge in [0.25, 0.3) is 0 Å². The van der Waals surface area contributed by atoms with E-state index in [1.807, 2.05) is 6.20 Å². The number of benzene rings is 1. The van der Waals surface area contributed by atoms with Gasteiger partial charge in [-0.1, -0.05) is 28.1 Å². The van der Waals surface area contributed by atoms with E-state index in [2.05, 4.69) is 61.9 Å². The third-order valence-electron chi connectivity index (χ3n) is 4.26. The summed E-state index contributed by atoms with van der Waals surface area (Å²) in [4.78, 5) is 10.4. The normalized spacial score (nSPS) is 17.7. The SMILES string of the molecule is CC(c1ccc(Br)cc1)N1CCN(Cc2cnc(N)s2)CC1.Cl. The van der Waals surface area contributed by atoms with Crippen molar-refractivity contribution in [2.45, 2.75) is 19.5 Å². The lowest BCUT2D eigenvalue weighted by atomic mass is 10.1. The number of rotatable bonds is 4. The Morgan fingerprint density at radius 1 is 1.22 bits per heavy atom. The van der Waals surface area contributed by atoms with Gasteiger partial charge in [0.1, 0.15) is 0 Å². The van der Waals surface area contributed by atoms with Crippen LogP contribution in [0.5, 0.6) is 0 Å². The molecule has 1 unspecified atom stereocenters. The minimum Gasteiger partial charge on any atom is -0.375 e. The number of hydrogen-bond acceptors (Lipinski definition) is 5. The highest BCUT2D eigenvalue weighted by molar-refractivity contribution is 9.10. The molecule has 2 aromatic rings. The fourth-order valence-electron chi connectivity index (χ4n) is 2.88. The minimum atomic E-state index is 0. The van der Waals surface area contributed by atoms with E-state index in [-0.39, 0.29) is 12.4 Å². The molecule has 2 heterocycles. The molecule has 1 saturated heterocycles. The third kappa shape index (κ3) is 4.90. The molecule has 0 radical (unpaired) electrons. The van der Waals surface area contributed by atoms with Crippen molar-refractivity contribution in [2.75, 3.05) is 31.9 Å². The Bertz CT molecular complexity index is 611. The lowest BCUT2D eigenvalue weighted by Crippen LogP contribution is -2.46. The number of nitrogens with zero attached hydrogens (tertiary/aromatic N) is 3. The largest absolute Gasteiger partial charge is 0.375 e.